The Morgan fingerprint density at radius 1 is 1.05 bits per heavy atom. The van der Waals surface area contributed by atoms with Crippen LogP contribution in [0.25, 0.3) is 11.3 Å². The van der Waals surface area contributed by atoms with Crippen molar-refractivity contribution in [3.8, 4) is 11.3 Å². The van der Waals surface area contributed by atoms with Crippen molar-refractivity contribution in [2.45, 2.75) is 25.3 Å². The van der Waals surface area contributed by atoms with Crippen LogP contribution < -0.4 is 10.9 Å². The molecule has 22 heavy (non-hydrogen) atoms. The average molecular weight is 297 g/mol. The van der Waals surface area contributed by atoms with Gasteiger partial charge in [-0.2, -0.15) is 5.10 Å². The second kappa shape index (κ2) is 5.93. The monoisotopic (exact) mass is 297 g/mol. The number of imide groups is 1. The number of amides is 2. The molecule has 1 fully saturated rings. The highest BCUT2D eigenvalue weighted by molar-refractivity contribution is 5.97. The van der Waals surface area contributed by atoms with Gasteiger partial charge in [-0.15, -0.1) is 0 Å². The lowest BCUT2D eigenvalue weighted by atomic mass is 10.1. The third-order valence-corrected chi connectivity index (χ3v) is 3.64. The molecule has 1 aromatic heterocycles. The van der Waals surface area contributed by atoms with E-state index in [1.807, 2.05) is 30.3 Å². The van der Waals surface area contributed by atoms with Crippen molar-refractivity contribution in [1.82, 2.24) is 15.1 Å². The topological polar surface area (TPSA) is 81.1 Å². The second-order valence-corrected chi connectivity index (χ2v) is 5.19. The van der Waals surface area contributed by atoms with Gasteiger partial charge in [-0.25, -0.2) is 4.68 Å². The standard InChI is InChI=1S/C16H15N3O3/c20-14-8-4-7-13(16(22)17-14)19-15(21)10-9-12(18-19)11-5-2-1-3-6-11/h1-3,5-6,9-10,13H,4,7-8H2,(H,17,20,22). The lowest BCUT2D eigenvalue weighted by Gasteiger charge is -2.15. The lowest BCUT2D eigenvalue weighted by molar-refractivity contribution is -0.131. The zero-order valence-electron chi connectivity index (χ0n) is 11.9. The molecule has 1 unspecified atom stereocenters. The highest BCUT2D eigenvalue weighted by atomic mass is 16.2. The molecule has 2 amide bonds. The van der Waals surface area contributed by atoms with E-state index in [1.54, 1.807) is 6.07 Å². The van der Waals surface area contributed by atoms with Crippen molar-refractivity contribution in [2.24, 2.45) is 0 Å². The van der Waals surface area contributed by atoms with Crippen LogP contribution in [0.4, 0.5) is 0 Å². The number of hydrogen-bond acceptors (Lipinski definition) is 4. The summed E-state index contributed by atoms with van der Waals surface area (Å²) in [4.78, 5) is 35.6. The Balaban J connectivity index is 2.01. The first-order valence-electron chi connectivity index (χ1n) is 7.14. The Morgan fingerprint density at radius 2 is 1.82 bits per heavy atom. The van der Waals surface area contributed by atoms with Crippen LogP contribution in [0.15, 0.2) is 47.3 Å². The van der Waals surface area contributed by atoms with E-state index in [0.717, 1.165) is 5.56 Å². The summed E-state index contributed by atoms with van der Waals surface area (Å²) in [6.07, 6.45) is 1.25. The number of benzene rings is 1. The van der Waals surface area contributed by atoms with E-state index in [1.165, 1.54) is 10.7 Å². The number of nitrogens with one attached hydrogen (secondary N) is 1. The molecule has 2 heterocycles. The van der Waals surface area contributed by atoms with Crippen LogP contribution in [0, 0.1) is 0 Å². The van der Waals surface area contributed by atoms with Gasteiger partial charge in [0.1, 0.15) is 6.04 Å². The van der Waals surface area contributed by atoms with Crippen molar-refractivity contribution in [2.75, 3.05) is 0 Å². The minimum atomic E-state index is -0.748. The maximum atomic E-state index is 12.1. The Morgan fingerprint density at radius 3 is 2.59 bits per heavy atom. The van der Waals surface area contributed by atoms with Crippen LogP contribution in [-0.2, 0) is 9.59 Å². The fourth-order valence-corrected chi connectivity index (χ4v) is 2.52. The van der Waals surface area contributed by atoms with E-state index < -0.39 is 11.9 Å². The third kappa shape index (κ3) is 2.81. The van der Waals surface area contributed by atoms with Crippen LogP contribution in [0.5, 0.6) is 0 Å². The molecule has 0 aliphatic carbocycles. The lowest BCUT2D eigenvalue weighted by Crippen LogP contribution is -2.38. The Kier molecular flexibility index (Phi) is 3.82. The highest BCUT2D eigenvalue weighted by Gasteiger charge is 2.27. The summed E-state index contributed by atoms with van der Waals surface area (Å²) in [6.45, 7) is 0. The van der Waals surface area contributed by atoms with Gasteiger partial charge in [0.25, 0.3) is 11.5 Å². The fraction of sp³-hybridized carbons (Fsp3) is 0.250. The number of carbonyl (C=O) groups excluding carboxylic acids is 2. The van der Waals surface area contributed by atoms with Crippen molar-refractivity contribution in [3.63, 3.8) is 0 Å². The summed E-state index contributed by atoms with van der Waals surface area (Å²) in [7, 11) is 0. The van der Waals surface area contributed by atoms with Gasteiger partial charge in [0, 0.05) is 18.1 Å². The van der Waals surface area contributed by atoms with Crippen molar-refractivity contribution < 1.29 is 9.59 Å². The SMILES string of the molecule is O=C1CCCC(n2nc(-c3ccccc3)ccc2=O)C(=O)N1. The highest BCUT2D eigenvalue weighted by Crippen LogP contribution is 2.19. The van der Waals surface area contributed by atoms with E-state index in [9.17, 15) is 14.4 Å². The van der Waals surface area contributed by atoms with Gasteiger partial charge in [0.15, 0.2) is 0 Å². The summed E-state index contributed by atoms with van der Waals surface area (Å²) in [6, 6.07) is 11.7. The first-order valence-corrected chi connectivity index (χ1v) is 7.14. The molecule has 2 aromatic rings. The molecule has 1 aliphatic rings. The molecule has 6 nitrogen and oxygen atoms in total. The molecule has 0 radical (unpaired) electrons. The molecule has 112 valence electrons. The summed E-state index contributed by atoms with van der Waals surface area (Å²) in [5, 5.41) is 6.61. The van der Waals surface area contributed by atoms with Gasteiger partial charge in [0.05, 0.1) is 5.69 Å². The molecule has 1 aromatic carbocycles. The van der Waals surface area contributed by atoms with Gasteiger partial charge < -0.3 is 0 Å². The predicted molar refractivity (Wildman–Crippen MR) is 80.0 cm³/mol. The predicted octanol–water partition coefficient (Wildman–Crippen LogP) is 1.28. The molecule has 0 spiro atoms. The molecule has 0 bridgehead atoms. The van der Waals surface area contributed by atoms with Crippen LogP contribution in [0.2, 0.25) is 0 Å². The second-order valence-electron chi connectivity index (χ2n) is 5.19. The van der Waals surface area contributed by atoms with E-state index >= 15 is 0 Å². The Bertz CT molecular complexity index is 768. The summed E-state index contributed by atoms with van der Waals surface area (Å²) < 4.78 is 1.18. The minimum Gasteiger partial charge on any atom is -0.295 e. The van der Waals surface area contributed by atoms with Crippen molar-refractivity contribution in [3.05, 3.63) is 52.8 Å². The maximum Gasteiger partial charge on any atom is 0.267 e. The molecule has 3 rings (SSSR count). The van der Waals surface area contributed by atoms with E-state index in [4.69, 9.17) is 0 Å². The van der Waals surface area contributed by atoms with Gasteiger partial charge >= 0.3 is 0 Å². The Labute approximate surface area is 126 Å². The van der Waals surface area contributed by atoms with Crippen molar-refractivity contribution >= 4 is 11.8 Å². The maximum absolute atomic E-state index is 12.1. The molecule has 1 aliphatic heterocycles. The summed E-state index contributed by atoms with van der Waals surface area (Å²) >= 11 is 0. The van der Waals surface area contributed by atoms with Crippen molar-refractivity contribution in [1.29, 1.82) is 0 Å². The molecular formula is C16H15N3O3. The largest absolute Gasteiger partial charge is 0.295 e. The number of carbonyl (C=O) groups is 2. The number of rotatable bonds is 2. The van der Waals surface area contributed by atoms with E-state index in [0.29, 0.717) is 18.5 Å². The number of hydrogen-bond donors (Lipinski definition) is 1. The first kappa shape index (κ1) is 14.2. The molecule has 6 heteroatoms. The van der Waals surface area contributed by atoms with Crippen LogP contribution in [0.1, 0.15) is 25.3 Å². The zero-order chi connectivity index (χ0) is 15.5. The summed E-state index contributed by atoms with van der Waals surface area (Å²) in [5.41, 5.74) is 1.12. The van der Waals surface area contributed by atoms with Crippen LogP contribution in [0.3, 0.4) is 0 Å². The first-order chi connectivity index (χ1) is 10.6. The molecular weight excluding hydrogens is 282 g/mol. The van der Waals surface area contributed by atoms with Gasteiger partial charge in [-0.05, 0) is 18.9 Å². The summed E-state index contributed by atoms with van der Waals surface area (Å²) in [5.74, 6) is -0.776. The van der Waals surface area contributed by atoms with E-state index in [2.05, 4.69) is 10.4 Å². The van der Waals surface area contributed by atoms with Crippen LogP contribution in [-0.4, -0.2) is 21.6 Å². The molecule has 0 saturated carbocycles. The minimum absolute atomic E-state index is 0.287. The van der Waals surface area contributed by atoms with E-state index in [-0.39, 0.29) is 17.9 Å². The van der Waals surface area contributed by atoms with Gasteiger partial charge in [-0.1, -0.05) is 30.3 Å². The average Bonchev–Trinajstić information content (AvgIpc) is 2.69. The zero-order valence-corrected chi connectivity index (χ0v) is 11.9. The van der Waals surface area contributed by atoms with Gasteiger partial charge in [-0.3, -0.25) is 19.7 Å². The smallest absolute Gasteiger partial charge is 0.267 e. The van der Waals surface area contributed by atoms with Crippen LogP contribution >= 0.6 is 0 Å². The Hall–Kier alpha value is -2.76. The van der Waals surface area contributed by atoms with Gasteiger partial charge in [0.2, 0.25) is 5.91 Å². The fourth-order valence-electron chi connectivity index (χ4n) is 2.52. The number of nitrogens with zero attached hydrogens (tertiary/aromatic N) is 2. The molecule has 1 atom stereocenters. The molecule has 1 N–H and O–H groups in total. The number of aromatic nitrogens is 2. The molecule has 1 saturated heterocycles. The quantitative estimate of drug-likeness (QED) is 0.847. The third-order valence-electron chi connectivity index (χ3n) is 3.64. The normalized spacial score (nSPS) is 18.6.